The van der Waals surface area contributed by atoms with E-state index in [0.29, 0.717) is 54.9 Å². The second-order valence-corrected chi connectivity index (χ2v) is 6.88. The van der Waals surface area contributed by atoms with Crippen molar-refractivity contribution in [2.75, 3.05) is 37.9 Å². The molecule has 6 nitrogen and oxygen atoms in total. The monoisotopic (exact) mass is 436 g/mol. The molecule has 32 heavy (non-hydrogen) atoms. The number of hydrogen-bond donors (Lipinski definition) is 2. The molecule has 0 spiro atoms. The van der Waals surface area contributed by atoms with Crippen LogP contribution < -0.4 is 20.9 Å². The second-order valence-electron chi connectivity index (χ2n) is 6.88. The third-order valence-corrected chi connectivity index (χ3v) is 4.45. The number of halogens is 1. The molecular weight excluding hydrogens is 411 g/mol. The van der Waals surface area contributed by atoms with Crippen LogP contribution in [0, 0.1) is 5.82 Å². The first-order valence-electron chi connectivity index (χ1n) is 10.1. The van der Waals surface area contributed by atoms with Crippen LogP contribution in [0.3, 0.4) is 0 Å². The quantitative estimate of drug-likeness (QED) is 0.201. The molecule has 4 N–H and O–H groups in total. The number of rotatable bonds is 11. The first-order valence-corrected chi connectivity index (χ1v) is 10.1. The van der Waals surface area contributed by atoms with Crippen molar-refractivity contribution in [2.45, 2.75) is 0 Å². The summed E-state index contributed by atoms with van der Waals surface area (Å²) in [5.41, 5.74) is 13.8. The van der Waals surface area contributed by atoms with Crippen LogP contribution in [0.25, 0.3) is 6.08 Å². The average Bonchev–Trinajstić information content (AvgIpc) is 2.79. The van der Waals surface area contributed by atoms with Gasteiger partial charge >= 0.3 is 0 Å². The van der Waals surface area contributed by atoms with Gasteiger partial charge in [-0.3, -0.25) is 4.79 Å². The Hall–Kier alpha value is -3.84. The predicted molar refractivity (Wildman–Crippen MR) is 123 cm³/mol. The number of hydrogen-bond acceptors (Lipinski definition) is 6. The van der Waals surface area contributed by atoms with E-state index in [1.165, 1.54) is 30.3 Å². The third kappa shape index (κ3) is 7.14. The maximum absolute atomic E-state index is 12.9. The van der Waals surface area contributed by atoms with E-state index < -0.39 is 0 Å². The molecule has 0 unspecified atom stereocenters. The number of ketones is 1. The van der Waals surface area contributed by atoms with E-state index in [-0.39, 0.29) is 11.6 Å². The minimum atomic E-state index is -0.372. The lowest BCUT2D eigenvalue weighted by Gasteiger charge is -2.10. The first kappa shape index (κ1) is 22.8. The number of ether oxygens (including phenoxy) is 3. The highest BCUT2D eigenvalue weighted by atomic mass is 19.1. The van der Waals surface area contributed by atoms with Gasteiger partial charge < -0.3 is 25.7 Å². The van der Waals surface area contributed by atoms with Gasteiger partial charge in [-0.2, -0.15) is 0 Å². The van der Waals surface area contributed by atoms with Crippen LogP contribution in [-0.4, -0.2) is 32.2 Å². The van der Waals surface area contributed by atoms with Crippen LogP contribution in [0.1, 0.15) is 15.9 Å². The van der Waals surface area contributed by atoms with Gasteiger partial charge in [0.25, 0.3) is 0 Å². The van der Waals surface area contributed by atoms with Crippen LogP contribution >= 0.6 is 0 Å². The number of nitrogen functional groups attached to an aromatic ring is 2. The van der Waals surface area contributed by atoms with Crippen molar-refractivity contribution in [3.8, 4) is 11.5 Å². The molecule has 7 heteroatoms. The van der Waals surface area contributed by atoms with Gasteiger partial charge in [-0.05, 0) is 66.2 Å². The van der Waals surface area contributed by atoms with Gasteiger partial charge in [0.15, 0.2) is 5.78 Å². The molecule has 0 aromatic heterocycles. The minimum Gasteiger partial charge on any atom is -0.491 e. The highest BCUT2D eigenvalue weighted by Gasteiger charge is 2.02. The molecule has 0 aliphatic heterocycles. The van der Waals surface area contributed by atoms with Crippen molar-refractivity contribution in [1.29, 1.82) is 0 Å². The summed E-state index contributed by atoms with van der Waals surface area (Å²) in [6.07, 6.45) is 3.16. The fraction of sp³-hybridized carbons (Fsp3) is 0.160. The zero-order chi connectivity index (χ0) is 22.8. The molecule has 0 fully saturated rings. The Balaban J connectivity index is 1.33. The topological polar surface area (TPSA) is 96.8 Å². The molecular formula is C25H25FN2O4. The first-order chi connectivity index (χ1) is 15.5. The van der Waals surface area contributed by atoms with Crippen LogP contribution in [0.5, 0.6) is 11.5 Å². The standard InChI is InChI=1S/C25H25FN2O4/c26-20-6-4-19(5-7-20)24(29)11-3-18-1-9-22(10-2-18)31-15-13-30-14-16-32-25-12-8-21(27)17-23(25)28/h1-12,17H,13-16,27-28H2. The van der Waals surface area contributed by atoms with Gasteiger partial charge in [0.1, 0.15) is 30.5 Å². The molecule has 0 radical (unpaired) electrons. The molecule has 0 bridgehead atoms. The molecule has 0 saturated carbocycles. The van der Waals surface area contributed by atoms with E-state index in [1.54, 1.807) is 24.3 Å². The van der Waals surface area contributed by atoms with Crippen molar-refractivity contribution in [1.82, 2.24) is 0 Å². The lowest BCUT2D eigenvalue weighted by molar-refractivity contribution is 0.0766. The summed E-state index contributed by atoms with van der Waals surface area (Å²) >= 11 is 0. The zero-order valence-corrected chi connectivity index (χ0v) is 17.5. The average molecular weight is 436 g/mol. The smallest absolute Gasteiger partial charge is 0.185 e. The van der Waals surface area contributed by atoms with E-state index in [4.69, 9.17) is 25.7 Å². The van der Waals surface area contributed by atoms with Crippen LogP contribution in [0.15, 0.2) is 72.8 Å². The highest BCUT2D eigenvalue weighted by Crippen LogP contribution is 2.23. The summed E-state index contributed by atoms with van der Waals surface area (Å²) in [6, 6.07) is 17.9. The number of anilines is 2. The lowest BCUT2D eigenvalue weighted by atomic mass is 10.1. The molecule has 0 heterocycles. The molecule has 166 valence electrons. The van der Waals surface area contributed by atoms with Gasteiger partial charge in [-0.1, -0.05) is 18.2 Å². The Morgan fingerprint density at radius 2 is 1.53 bits per heavy atom. The van der Waals surface area contributed by atoms with Crippen LogP contribution in [-0.2, 0) is 4.74 Å². The molecule has 0 aliphatic rings. The Morgan fingerprint density at radius 1 is 0.844 bits per heavy atom. The fourth-order valence-electron chi connectivity index (χ4n) is 2.79. The van der Waals surface area contributed by atoms with Crippen molar-refractivity contribution in [2.24, 2.45) is 0 Å². The van der Waals surface area contributed by atoms with E-state index >= 15 is 0 Å². The lowest BCUT2D eigenvalue weighted by Crippen LogP contribution is -2.12. The Morgan fingerprint density at radius 3 is 2.22 bits per heavy atom. The molecule has 0 saturated heterocycles. The molecule has 3 aromatic rings. The predicted octanol–water partition coefficient (Wildman–Crippen LogP) is 4.36. The van der Waals surface area contributed by atoms with Crippen molar-refractivity contribution in [3.63, 3.8) is 0 Å². The Kier molecular flexibility index (Phi) is 8.22. The number of carbonyl (C=O) groups is 1. The van der Waals surface area contributed by atoms with Gasteiger partial charge in [0.05, 0.1) is 18.9 Å². The molecule has 3 rings (SSSR count). The highest BCUT2D eigenvalue weighted by molar-refractivity contribution is 6.06. The number of nitrogens with two attached hydrogens (primary N) is 2. The van der Waals surface area contributed by atoms with Crippen LogP contribution in [0.4, 0.5) is 15.8 Å². The van der Waals surface area contributed by atoms with Crippen LogP contribution in [0.2, 0.25) is 0 Å². The minimum absolute atomic E-state index is 0.189. The van der Waals surface area contributed by atoms with E-state index in [2.05, 4.69) is 0 Å². The molecule has 0 aliphatic carbocycles. The second kappa shape index (κ2) is 11.5. The van der Waals surface area contributed by atoms with Gasteiger partial charge in [0, 0.05) is 11.3 Å². The molecule has 3 aromatic carbocycles. The number of allylic oxidation sites excluding steroid dienone is 1. The normalized spacial score (nSPS) is 10.9. The molecule has 0 amide bonds. The largest absolute Gasteiger partial charge is 0.491 e. The summed E-state index contributed by atoms with van der Waals surface area (Å²) in [6.45, 7) is 1.57. The van der Waals surface area contributed by atoms with Gasteiger partial charge in [-0.15, -0.1) is 0 Å². The third-order valence-electron chi connectivity index (χ3n) is 4.45. The SMILES string of the molecule is Nc1ccc(OCCOCCOc2ccc(C=CC(=O)c3ccc(F)cc3)cc2)c(N)c1. The van der Waals surface area contributed by atoms with E-state index in [1.807, 2.05) is 24.3 Å². The number of benzene rings is 3. The maximum atomic E-state index is 12.9. The van der Waals surface area contributed by atoms with Crippen molar-refractivity contribution >= 4 is 23.2 Å². The van der Waals surface area contributed by atoms with E-state index in [0.717, 1.165) is 5.56 Å². The van der Waals surface area contributed by atoms with Gasteiger partial charge in [0.2, 0.25) is 0 Å². The summed E-state index contributed by atoms with van der Waals surface area (Å²) in [7, 11) is 0. The summed E-state index contributed by atoms with van der Waals surface area (Å²) < 4.78 is 29.6. The van der Waals surface area contributed by atoms with Crippen molar-refractivity contribution in [3.05, 3.63) is 89.8 Å². The molecule has 0 atom stereocenters. The van der Waals surface area contributed by atoms with E-state index in [9.17, 15) is 9.18 Å². The maximum Gasteiger partial charge on any atom is 0.185 e. The summed E-state index contributed by atoms with van der Waals surface area (Å²) in [5, 5.41) is 0. The van der Waals surface area contributed by atoms with Crippen molar-refractivity contribution < 1.29 is 23.4 Å². The van der Waals surface area contributed by atoms with Gasteiger partial charge in [-0.25, -0.2) is 4.39 Å². The Bertz CT molecular complexity index is 1050. The summed E-state index contributed by atoms with van der Waals surface area (Å²) in [4.78, 5) is 12.1. The summed E-state index contributed by atoms with van der Waals surface area (Å²) in [5.74, 6) is 0.711. The fourth-order valence-corrected chi connectivity index (χ4v) is 2.79. The Labute approximate surface area is 186 Å². The zero-order valence-electron chi connectivity index (χ0n) is 17.5. The number of carbonyl (C=O) groups excluding carboxylic acids is 1.